The van der Waals surface area contributed by atoms with Crippen molar-refractivity contribution in [3.05, 3.63) is 30.1 Å². The van der Waals surface area contributed by atoms with Gasteiger partial charge in [0.25, 0.3) is 0 Å². The van der Waals surface area contributed by atoms with Crippen LogP contribution in [0, 0.1) is 5.92 Å². The molecule has 0 aliphatic heterocycles. The zero-order valence-corrected chi connectivity index (χ0v) is 6.86. The van der Waals surface area contributed by atoms with E-state index in [0.29, 0.717) is 0 Å². The van der Waals surface area contributed by atoms with Gasteiger partial charge in [-0.25, -0.2) is 0 Å². The second kappa shape index (κ2) is 3.49. The van der Waals surface area contributed by atoms with E-state index in [-0.39, 0.29) is 12.0 Å². The summed E-state index contributed by atoms with van der Waals surface area (Å²) in [5, 5.41) is 9.56. The Labute approximate surface area is 66.9 Å². The lowest BCUT2D eigenvalue weighted by atomic mass is 10.0. The van der Waals surface area contributed by atoms with Gasteiger partial charge in [-0.2, -0.15) is 0 Å². The van der Waals surface area contributed by atoms with Crippen LogP contribution in [-0.4, -0.2) is 10.1 Å². The van der Waals surface area contributed by atoms with E-state index in [2.05, 4.69) is 4.98 Å². The van der Waals surface area contributed by atoms with Gasteiger partial charge in [0.05, 0.1) is 6.10 Å². The molecular formula is C9H13NO. The molecule has 0 spiro atoms. The van der Waals surface area contributed by atoms with Crippen molar-refractivity contribution in [1.82, 2.24) is 4.98 Å². The third-order valence-corrected chi connectivity index (χ3v) is 1.66. The number of hydrogen-bond acceptors (Lipinski definition) is 2. The van der Waals surface area contributed by atoms with Gasteiger partial charge in [0.15, 0.2) is 0 Å². The highest BCUT2D eigenvalue weighted by Crippen LogP contribution is 2.19. The molecule has 1 rings (SSSR count). The highest BCUT2D eigenvalue weighted by atomic mass is 16.3. The van der Waals surface area contributed by atoms with Crippen molar-refractivity contribution in [2.45, 2.75) is 20.0 Å². The quantitative estimate of drug-likeness (QED) is 0.698. The van der Waals surface area contributed by atoms with E-state index >= 15 is 0 Å². The molecule has 0 radical (unpaired) electrons. The molecule has 0 fully saturated rings. The lowest BCUT2D eigenvalue weighted by molar-refractivity contribution is 0.126. The van der Waals surface area contributed by atoms with Crippen molar-refractivity contribution < 1.29 is 5.11 Å². The standard InChI is InChI=1S/C9H13NO/c1-7(2)9(11)8-4-3-5-10-6-8/h3-7,9,11H,1-2H3/t9-/m0/s1. The Balaban J connectivity index is 2.77. The third kappa shape index (κ3) is 2.02. The maximum Gasteiger partial charge on any atom is 0.0827 e. The van der Waals surface area contributed by atoms with Crippen LogP contribution in [0.5, 0.6) is 0 Å². The van der Waals surface area contributed by atoms with Gasteiger partial charge in [-0.15, -0.1) is 0 Å². The summed E-state index contributed by atoms with van der Waals surface area (Å²) in [5.41, 5.74) is 0.891. The molecule has 1 heterocycles. The SMILES string of the molecule is CC(C)[C@H](O)c1cccnc1. The first-order chi connectivity index (χ1) is 5.22. The Morgan fingerprint density at radius 2 is 2.18 bits per heavy atom. The Kier molecular flexibility index (Phi) is 2.60. The van der Waals surface area contributed by atoms with Crippen LogP contribution >= 0.6 is 0 Å². The van der Waals surface area contributed by atoms with E-state index in [0.717, 1.165) is 5.56 Å². The van der Waals surface area contributed by atoms with E-state index in [4.69, 9.17) is 0 Å². The molecule has 2 nitrogen and oxygen atoms in total. The lowest BCUT2D eigenvalue weighted by Crippen LogP contribution is -2.05. The van der Waals surface area contributed by atoms with E-state index in [1.807, 2.05) is 26.0 Å². The van der Waals surface area contributed by atoms with E-state index in [1.54, 1.807) is 12.4 Å². The first-order valence-corrected chi connectivity index (χ1v) is 3.80. The van der Waals surface area contributed by atoms with Crippen LogP contribution < -0.4 is 0 Å². The second-order valence-electron chi connectivity index (χ2n) is 2.98. The molecule has 2 heteroatoms. The van der Waals surface area contributed by atoms with Crippen LogP contribution in [0.2, 0.25) is 0 Å². The summed E-state index contributed by atoms with van der Waals surface area (Å²) in [4.78, 5) is 3.93. The van der Waals surface area contributed by atoms with Crippen LogP contribution in [0.3, 0.4) is 0 Å². The summed E-state index contributed by atoms with van der Waals surface area (Å²) in [7, 11) is 0. The molecule has 60 valence electrons. The van der Waals surface area contributed by atoms with Gasteiger partial charge >= 0.3 is 0 Å². The molecular weight excluding hydrogens is 138 g/mol. The maximum absolute atomic E-state index is 9.56. The summed E-state index contributed by atoms with van der Waals surface area (Å²) < 4.78 is 0. The van der Waals surface area contributed by atoms with E-state index < -0.39 is 0 Å². The summed E-state index contributed by atoms with van der Waals surface area (Å²) in [5.74, 6) is 0.249. The molecule has 0 unspecified atom stereocenters. The van der Waals surface area contributed by atoms with Gasteiger partial charge < -0.3 is 5.11 Å². The van der Waals surface area contributed by atoms with Gasteiger partial charge in [0, 0.05) is 12.4 Å². The van der Waals surface area contributed by atoms with Crippen LogP contribution in [0.25, 0.3) is 0 Å². The van der Waals surface area contributed by atoms with Crippen molar-refractivity contribution >= 4 is 0 Å². The number of aliphatic hydroxyl groups excluding tert-OH is 1. The Bertz CT molecular complexity index is 208. The van der Waals surface area contributed by atoms with Gasteiger partial charge in [-0.1, -0.05) is 19.9 Å². The fraction of sp³-hybridized carbons (Fsp3) is 0.444. The van der Waals surface area contributed by atoms with Gasteiger partial charge in [0.2, 0.25) is 0 Å². The molecule has 1 aromatic rings. The van der Waals surface area contributed by atoms with Crippen molar-refractivity contribution in [1.29, 1.82) is 0 Å². The fourth-order valence-corrected chi connectivity index (χ4v) is 0.936. The number of pyridine rings is 1. The van der Waals surface area contributed by atoms with Crippen LogP contribution in [0.1, 0.15) is 25.5 Å². The molecule has 0 aromatic carbocycles. The molecule has 0 aliphatic carbocycles. The molecule has 1 aromatic heterocycles. The minimum absolute atomic E-state index is 0.249. The monoisotopic (exact) mass is 151 g/mol. The molecule has 1 atom stereocenters. The minimum atomic E-state index is -0.385. The van der Waals surface area contributed by atoms with Gasteiger partial charge in [-0.05, 0) is 17.5 Å². The van der Waals surface area contributed by atoms with Crippen molar-refractivity contribution in [3.8, 4) is 0 Å². The fourth-order valence-electron chi connectivity index (χ4n) is 0.936. The van der Waals surface area contributed by atoms with Crippen molar-refractivity contribution in [2.24, 2.45) is 5.92 Å². The van der Waals surface area contributed by atoms with Crippen LogP contribution in [0.4, 0.5) is 0 Å². The van der Waals surface area contributed by atoms with Gasteiger partial charge in [0.1, 0.15) is 0 Å². The lowest BCUT2D eigenvalue weighted by Gasteiger charge is -2.13. The highest BCUT2D eigenvalue weighted by Gasteiger charge is 2.10. The Morgan fingerprint density at radius 3 is 2.64 bits per heavy atom. The van der Waals surface area contributed by atoms with Crippen LogP contribution in [0.15, 0.2) is 24.5 Å². The first kappa shape index (κ1) is 8.21. The molecule has 0 aliphatic rings. The normalized spacial score (nSPS) is 13.5. The molecule has 0 saturated heterocycles. The molecule has 11 heavy (non-hydrogen) atoms. The number of aliphatic hydroxyl groups is 1. The topological polar surface area (TPSA) is 33.1 Å². The third-order valence-electron chi connectivity index (χ3n) is 1.66. The summed E-state index contributed by atoms with van der Waals surface area (Å²) in [6.07, 6.45) is 3.02. The number of aromatic nitrogens is 1. The zero-order chi connectivity index (χ0) is 8.27. The van der Waals surface area contributed by atoms with Gasteiger partial charge in [-0.3, -0.25) is 4.98 Å². The first-order valence-electron chi connectivity index (χ1n) is 3.80. The minimum Gasteiger partial charge on any atom is -0.388 e. The van der Waals surface area contributed by atoms with Crippen molar-refractivity contribution in [2.75, 3.05) is 0 Å². The average molecular weight is 151 g/mol. The van der Waals surface area contributed by atoms with E-state index in [1.165, 1.54) is 0 Å². The Morgan fingerprint density at radius 1 is 1.45 bits per heavy atom. The van der Waals surface area contributed by atoms with Crippen LogP contribution in [-0.2, 0) is 0 Å². The van der Waals surface area contributed by atoms with E-state index in [9.17, 15) is 5.11 Å². The second-order valence-corrected chi connectivity index (χ2v) is 2.98. The molecule has 0 saturated carbocycles. The smallest absolute Gasteiger partial charge is 0.0827 e. The number of nitrogens with zero attached hydrogens (tertiary/aromatic N) is 1. The summed E-state index contributed by atoms with van der Waals surface area (Å²) in [6, 6.07) is 3.72. The summed E-state index contributed by atoms with van der Waals surface area (Å²) in [6.45, 7) is 3.97. The highest BCUT2D eigenvalue weighted by molar-refractivity contribution is 5.11. The molecule has 0 bridgehead atoms. The number of hydrogen-bond donors (Lipinski definition) is 1. The average Bonchev–Trinajstić information content (AvgIpc) is 2.05. The summed E-state index contributed by atoms with van der Waals surface area (Å²) >= 11 is 0. The Hall–Kier alpha value is -0.890. The predicted molar refractivity (Wildman–Crippen MR) is 44.0 cm³/mol. The molecule has 1 N–H and O–H groups in total. The van der Waals surface area contributed by atoms with Crippen molar-refractivity contribution in [3.63, 3.8) is 0 Å². The molecule has 0 amide bonds. The largest absolute Gasteiger partial charge is 0.388 e. The zero-order valence-electron chi connectivity index (χ0n) is 6.86. The predicted octanol–water partition coefficient (Wildman–Crippen LogP) is 1.77. The number of rotatable bonds is 2. The maximum atomic E-state index is 9.56.